The monoisotopic (exact) mass is 362 g/mol. The summed E-state index contributed by atoms with van der Waals surface area (Å²) in [4.78, 5) is 12.0. The Balaban J connectivity index is 2.15. The van der Waals surface area contributed by atoms with E-state index in [9.17, 15) is 18.0 Å². The average Bonchev–Trinajstić information content (AvgIpc) is 2.81. The van der Waals surface area contributed by atoms with Gasteiger partial charge in [-0.2, -0.15) is 13.2 Å². The molecule has 1 aromatic carbocycles. The minimum absolute atomic E-state index is 0.0440. The normalized spacial score (nSPS) is 11.5. The van der Waals surface area contributed by atoms with E-state index in [0.717, 1.165) is 12.1 Å². The van der Waals surface area contributed by atoms with E-state index < -0.39 is 17.6 Å². The molecule has 0 aliphatic heterocycles. The number of benzene rings is 1. The van der Waals surface area contributed by atoms with Gasteiger partial charge in [-0.1, -0.05) is 5.16 Å². The van der Waals surface area contributed by atoms with Crippen molar-refractivity contribution in [1.29, 1.82) is 0 Å². The Labute approximate surface area is 126 Å². The molecular weight excluding hydrogens is 353 g/mol. The van der Waals surface area contributed by atoms with Gasteiger partial charge in [-0.15, -0.1) is 0 Å². The van der Waals surface area contributed by atoms with E-state index in [0.29, 0.717) is 11.5 Å². The summed E-state index contributed by atoms with van der Waals surface area (Å²) in [7, 11) is 0. The second-order valence-corrected chi connectivity index (χ2v) is 5.16. The van der Waals surface area contributed by atoms with Gasteiger partial charge < -0.3 is 9.84 Å². The van der Waals surface area contributed by atoms with Crippen LogP contribution < -0.4 is 5.32 Å². The molecule has 4 nitrogen and oxygen atoms in total. The highest BCUT2D eigenvalue weighted by molar-refractivity contribution is 9.10. The first kappa shape index (κ1) is 15.6. The SMILES string of the molecule is Cc1cc(CNC(=O)c2cc(C(F)(F)F)ccc2Br)on1. The van der Waals surface area contributed by atoms with Crippen LogP contribution in [0.15, 0.2) is 33.3 Å². The highest BCUT2D eigenvalue weighted by Crippen LogP contribution is 2.31. The summed E-state index contributed by atoms with van der Waals surface area (Å²) in [5.41, 5.74) is -0.327. The van der Waals surface area contributed by atoms with Gasteiger partial charge in [-0.05, 0) is 41.1 Å². The number of carbonyl (C=O) groups is 1. The summed E-state index contributed by atoms with van der Waals surface area (Å²) >= 11 is 3.06. The molecule has 112 valence electrons. The Morgan fingerprint density at radius 1 is 1.38 bits per heavy atom. The molecule has 2 rings (SSSR count). The van der Waals surface area contributed by atoms with Gasteiger partial charge >= 0.3 is 6.18 Å². The maximum absolute atomic E-state index is 12.6. The molecule has 0 bridgehead atoms. The number of alkyl halides is 3. The van der Waals surface area contributed by atoms with E-state index in [1.54, 1.807) is 13.0 Å². The van der Waals surface area contributed by atoms with E-state index in [-0.39, 0.29) is 16.6 Å². The first-order chi connectivity index (χ1) is 9.77. The van der Waals surface area contributed by atoms with Gasteiger partial charge in [0.05, 0.1) is 23.4 Å². The van der Waals surface area contributed by atoms with Crippen LogP contribution in [0.4, 0.5) is 13.2 Å². The standard InChI is InChI=1S/C13H10BrF3N2O2/c1-7-4-9(21-19-7)6-18-12(20)10-5-8(13(15,16)17)2-3-11(10)14/h2-5H,6H2,1H3,(H,18,20). The molecule has 0 atom stereocenters. The van der Waals surface area contributed by atoms with Crippen LogP contribution >= 0.6 is 15.9 Å². The highest BCUT2D eigenvalue weighted by Gasteiger charge is 2.31. The molecule has 0 fully saturated rings. The molecule has 0 aliphatic carbocycles. The van der Waals surface area contributed by atoms with Crippen molar-refractivity contribution in [3.8, 4) is 0 Å². The molecule has 1 amide bonds. The third-order valence-electron chi connectivity index (χ3n) is 2.64. The molecule has 1 N–H and O–H groups in total. The van der Waals surface area contributed by atoms with E-state index in [2.05, 4.69) is 26.4 Å². The second-order valence-electron chi connectivity index (χ2n) is 4.31. The predicted molar refractivity (Wildman–Crippen MR) is 71.6 cm³/mol. The van der Waals surface area contributed by atoms with Crippen molar-refractivity contribution in [3.63, 3.8) is 0 Å². The fraction of sp³-hybridized carbons (Fsp3) is 0.231. The third-order valence-corrected chi connectivity index (χ3v) is 3.33. The van der Waals surface area contributed by atoms with E-state index >= 15 is 0 Å². The largest absolute Gasteiger partial charge is 0.416 e. The first-order valence-electron chi connectivity index (χ1n) is 5.84. The number of hydrogen-bond acceptors (Lipinski definition) is 3. The minimum Gasteiger partial charge on any atom is -0.359 e. The number of aromatic nitrogens is 1. The summed E-state index contributed by atoms with van der Waals surface area (Å²) in [5, 5.41) is 6.12. The summed E-state index contributed by atoms with van der Waals surface area (Å²) in [6.45, 7) is 1.76. The van der Waals surface area contributed by atoms with Crippen LogP contribution in [0.5, 0.6) is 0 Å². The van der Waals surface area contributed by atoms with Gasteiger partial charge in [-0.25, -0.2) is 0 Å². The van der Waals surface area contributed by atoms with Crippen molar-refractivity contribution < 1.29 is 22.5 Å². The quantitative estimate of drug-likeness (QED) is 0.905. The smallest absolute Gasteiger partial charge is 0.359 e. The Hall–Kier alpha value is -1.83. The van der Waals surface area contributed by atoms with Crippen LogP contribution in [0.1, 0.15) is 27.4 Å². The number of nitrogens with zero attached hydrogens (tertiary/aromatic N) is 1. The molecule has 2 aromatic rings. The van der Waals surface area contributed by atoms with Gasteiger partial charge in [0.15, 0.2) is 5.76 Å². The van der Waals surface area contributed by atoms with E-state index in [1.807, 2.05) is 0 Å². The van der Waals surface area contributed by atoms with Crippen molar-refractivity contribution in [3.05, 3.63) is 51.3 Å². The second kappa shape index (κ2) is 5.88. The lowest BCUT2D eigenvalue weighted by atomic mass is 10.1. The van der Waals surface area contributed by atoms with Crippen molar-refractivity contribution in [2.24, 2.45) is 0 Å². The van der Waals surface area contributed by atoms with Gasteiger partial charge in [-0.3, -0.25) is 4.79 Å². The number of halogens is 4. The van der Waals surface area contributed by atoms with Crippen LogP contribution in [0.3, 0.4) is 0 Å². The van der Waals surface area contributed by atoms with Gasteiger partial charge in [0, 0.05) is 10.5 Å². The zero-order valence-corrected chi connectivity index (χ0v) is 12.4. The fourth-order valence-corrected chi connectivity index (χ4v) is 2.06. The molecule has 8 heteroatoms. The Morgan fingerprint density at radius 3 is 2.67 bits per heavy atom. The summed E-state index contributed by atoms with van der Waals surface area (Å²) in [6.07, 6.45) is -4.50. The van der Waals surface area contributed by atoms with Crippen LogP contribution in [-0.2, 0) is 12.7 Å². The Bertz CT molecular complexity index is 668. The third kappa shape index (κ3) is 3.84. The highest BCUT2D eigenvalue weighted by atomic mass is 79.9. The number of hydrogen-bond donors (Lipinski definition) is 1. The van der Waals surface area contributed by atoms with Gasteiger partial charge in [0.1, 0.15) is 0 Å². The fourth-order valence-electron chi connectivity index (χ4n) is 1.64. The van der Waals surface area contributed by atoms with Crippen molar-refractivity contribution in [2.45, 2.75) is 19.6 Å². The molecule has 0 aliphatic rings. The number of amides is 1. The molecule has 0 radical (unpaired) electrons. The number of rotatable bonds is 3. The molecular formula is C13H10BrF3N2O2. The number of nitrogens with one attached hydrogen (secondary N) is 1. The lowest BCUT2D eigenvalue weighted by Gasteiger charge is -2.10. The molecule has 0 saturated heterocycles. The maximum atomic E-state index is 12.6. The van der Waals surface area contributed by atoms with Crippen LogP contribution in [-0.4, -0.2) is 11.1 Å². The van der Waals surface area contributed by atoms with E-state index in [1.165, 1.54) is 6.07 Å². The summed E-state index contributed by atoms with van der Waals surface area (Å²) in [6, 6.07) is 4.52. The lowest BCUT2D eigenvalue weighted by molar-refractivity contribution is -0.137. The molecule has 0 spiro atoms. The van der Waals surface area contributed by atoms with Gasteiger partial charge in [0.2, 0.25) is 0 Å². The lowest BCUT2D eigenvalue weighted by Crippen LogP contribution is -2.23. The minimum atomic E-state index is -4.50. The molecule has 1 heterocycles. The Kier molecular flexibility index (Phi) is 4.36. The molecule has 0 saturated carbocycles. The van der Waals surface area contributed by atoms with Crippen molar-refractivity contribution >= 4 is 21.8 Å². The topological polar surface area (TPSA) is 55.1 Å². The van der Waals surface area contributed by atoms with Crippen molar-refractivity contribution in [2.75, 3.05) is 0 Å². The van der Waals surface area contributed by atoms with Gasteiger partial charge in [0.25, 0.3) is 5.91 Å². The maximum Gasteiger partial charge on any atom is 0.416 e. The number of aryl methyl sites for hydroxylation is 1. The van der Waals surface area contributed by atoms with Crippen LogP contribution in [0, 0.1) is 6.92 Å². The zero-order valence-electron chi connectivity index (χ0n) is 10.8. The zero-order chi connectivity index (χ0) is 15.6. The number of carbonyl (C=O) groups excluding carboxylic acids is 1. The summed E-state index contributed by atoms with van der Waals surface area (Å²) in [5.74, 6) is -0.217. The first-order valence-corrected chi connectivity index (χ1v) is 6.64. The Morgan fingerprint density at radius 2 is 2.10 bits per heavy atom. The van der Waals surface area contributed by atoms with Crippen molar-refractivity contribution in [1.82, 2.24) is 10.5 Å². The van der Waals surface area contributed by atoms with Crippen LogP contribution in [0.25, 0.3) is 0 Å². The molecule has 0 unspecified atom stereocenters. The molecule has 21 heavy (non-hydrogen) atoms. The van der Waals surface area contributed by atoms with E-state index in [4.69, 9.17) is 4.52 Å². The predicted octanol–water partition coefficient (Wildman–Crippen LogP) is 3.69. The molecule has 1 aromatic heterocycles. The summed E-state index contributed by atoms with van der Waals surface area (Å²) < 4.78 is 43.1. The average molecular weight is 363 g/mol. The van der Waals surface area contributed by atoms with Crippen LogP contribution in [0.2, 0.25) is 0 Å².